The van der Waals surface area contributed by atoms with Crippen LogP contribution in [0.2, 0.25) is 0 Å². The molecule has 3 aromatic rings. The molecule has 0 saturated carbocycles. The number of aromatic nitrogens is 1. The van der Waals surface area contributed by atoms with Crippen LogP contribution in [0.3, 0.4) is 0 Å². The van der Waals surface area contributed by atoms with E-state index in [1.54, 1.807) is 4.57 Å². The molecular weight excluding hydrogens is 284 g/mol. The van der Waals surface area contributed by atoms with Gasteiger partial charge in [0.2, 0.25) is 0 Å². The fraction of sp³-hybridized carbons (Fsp3) is 0.150. The van der Waals surface area contributed by atoms with Gasteiger partial charge >= 0.3 is 0 Å². The number of nitrogens with zero attached hydrogens (tertiary/aromatic N) is 1. The molecule has 116 valence electrons. The first kappa shape index (κ1) is 15.3. The van der Waals surface area contributed by atoms with Gasteiger partial charge in [-0.25, -0.2) is 0 Å². The van der Waals surface area contributed by atoms with Crippen LogP contribution in [0.1, 0.15) is 18.1 Å². The first-order valence-electron chi connectivity index (χ1n) is 7.84. The van der Waals surface area contributed by atoms with Crippen LogP contribution >= 0.6 is 0 Å². The van der Waals surface area contributed by atoms with E-state index in [2.05, 4.69) is 19.1 Å². The monoisotopic (exact) mass is 304 g/mol. The molecule has 0 aliphatic carbocycles. The number of hydrogen-bond acceptors (Lipinski definition) is 2. The molecule has 3 heteroatoms. The van der Waals surface area contributed by atoms with Gasteiger partial charge in [0, 0.05) is 17.8 Å². The predicted molar refractivity (Wildman–Crippen MR) is 94.7 cm³/mol. The van der Waals surface area contributed by atoms with E-state index in [0.29, 0.717) is 5.56 Å². The van der Waals surface area contributed by atoms with Crippen LogP contribution in [-0.2, 0) is 13.0 Å². The van der Waals surface area contributed by atoms with E-state index < -0.39 is 0 Å². The molecule has 0 unspecified atom stereocenters. The number of aryl methyl sites for hydroxylation is 1. The Morgan fingerprint density at radius 2 is 1.61 bits per heavy atom. The molecule has 23 heavy (non-hydrogen) atoms. The van der Waals surface area contributed by atoms with Crippen LogP contribution in [0.4, 0.5) is 0 Å². The highest BCUT2D eigenvalue weighted by molar-refractivity contribution is 5.62. The molecule has 3 nitrogen and oxygen atoms in total. The Morgan fingerprint density at radius 3 is 2.22 bits per heavy atom. The van der Waals surface area contributed by atoms with Crippen LogP contribution in [0.15, 0.2) is 71.5 Å². The molecule has 0 fully saturated rings. The number of hydrogen-bond donors (Lipinski definition) is 1. The van der Waals surface area contributed by atoms with Gasteiger partial charge in [-0.05, 0) is 35.7 Å². The average molecular weight is 304 g/mol. The van der Waals surface area contributed by atoms with Gasteiger partial charge in [0.15, 0.2) is 0 Å². The van der Waals surface area contributed by atoms with Gasteiger partial charge in [-0.3, -0.25) is 9.36 Å². The molecular formula is C20H20N2O. The summed E-state index contributed by atoms with van der Waals surface area (Å²) in [4.78, 5) is 12.8. The van der Waals surface area contributed by atoms with Crippen molar-refractivity contribution >= 4 is 0 Å². The van der Waals surface area contributed by atoms with Gasteiger partial charge in [0.1, 0.15) is 0 Å². The summed E-state index contributed by atoms with van der Waals surface area (Å²) in [6.45, 7) is 2.35. The lowest BCUT2D eigenvalue weighted by Crippen LogP contribution is -2.25. The Balaban J connectivity index is 2.25. The summed E-state index contributed by atoms with van der Waals surface area (Å²) in [5, 5.41) is 0. The molecule has 0 atom stereocenters. The number of pyridine rings is 1. The van der Waals surface area contributed by atoms with Crippen molar-refractivity contribution in [1.29, 1.82) is 0 Å². The highest BCUT2D eigenvalue weighted by Gasteiger charge is 2.11. The maximum absolute atomic E-state index is 12.8. The second-order valence-electron chi connectivity index (χ2n) is 5.47. The molecule has 2 N–H and O–H groups in total. The summed E-state index contributed by atoms with van der Waals surface area (Å²) in [5.74, 6) is 0. The van der Waals surface area contributed by atoms with Crippen LogP contribution in [0, 0.1) is 0 Å². The molecule has 0 aliphatic heterocycles. The van der Waals surface area contributed by atoms with Crippen molar-refractivity contribution in [2.45, 2.75) is 19.9 Å². The van der Waals surface area contributed by atoms with Gasteiger partial charge < -0.3 is 5.73 Å². The summed E-state index contributed by atoms with van der Waals surface area (Å²) >= 11 is 0. The van der Waals surface area contributed by atoms with Crippen molar-refractivity contribution in [3.05, 3.63) is 88.2 Å². The lowest BCUT2D eigenvalue weighted by Gasteiger charge is -2.15. The Hall–Kier alpha value is -2.65. The van der Waals surface area contributed by atoms with Gasteiger partial charge in [0.05, 0.1) is 5.69 Å². The smallest absolute Gasteiger partial charge is 0.260 e. The summed E-state index contributed by atoms with van der Waals surface area (Å²) < 4.78 is 1.75. The predicted octanol–water partition coefficient (Wildman–Crippen LogP) is 3.53. The normalized spacial score (nSPS) is 10.7. The lowest BCUT2D eigenvalue weighted by molar-refractivity contribution is 0.930. The van der Waals surface area contributed by atoms with Crippen LogP contribution in [0.5, 0.6) is 0 Å². The molecule has 0 radical (unpaired) electrons. The van der Waals surface area contributed by atoms with Crippen molar-refractivity contribution in [1.82, 2.24) is 4.57 Å². The fourth-order valence-electron chi connectivity index (χ4n) is 2.71. The Morgan fingerprint density at radius 1 is 0.913 bits per heavy atom. The Labute approximate surface area is 136 Å². The maximum Gasteiger partial charge on any atom is 0.260 e. The first-order valence-corrected chi connectivity index (χ1v) is 7.84. The number of benzene rings is 2. The zero-order valence-corrected chi connectivity index (χ0v) is 13.2. The summed E-state index contributed by atoms with van der Waals surface area (Å²) in [7, 11) is 0. The number of rotatable bonds is 4. The molecule has 0 amide bonds. The molecule has 0 aliphatic rings. The molecule has 1 heterocycles. The highest BCUT2D eigenvalue weighted by atomic mass is 16.1. The van der Waals surface area contributed by atoms with Crippen molar-refractivity contribution in [3.63, 3.8) is 0 Å². The zero-order valence-electron chi connectivity index (χ0n) is 13.2. The third-order valence-corrected chi connectivity index (χ3v) is 4.05. The van der Waals surface area contributed by atoms with E-state index in [1.165, 1.54) is 5.56 Å². The molecule has 2 aromatic carbocycles. The molecule has 3 rings (SSSR count). The molecule has 0 bridgehead atoms. The van der Waals surface area contributed by atoms with Gasteiger partial charge in [-0.1, -0.05) is 55.5 Å². The van der Waals surface area contributed by atoms with E-state index in [1.807, 2.05) is 54.6 Å². The fourth-order valence-corrected chi connectivity index (χ4v) is 2.71. The van der Waals surface area contributed by atoms with Crippen LogP contribution in [-0.4, -0.2) is 4.57 Å². The summed E-state index contributed by atoms with van der Waals surface area (Å²) in [6.07, 6.45) is 0.976. The largest absolute Gasteiger partial charge is 0.326 e. The van der Waals surface area contributed by atoms with Crippen LogP contribution in [0.25, 0.3) is 16.9 Å². The zero-order chi connectivity index (χ0) is 16.2. The minimum Gasteiger partial charge on any atom is -0.326 e. The second-order valence-corrected chi connectivity index (χ2v) is 5.47. The first-order chi connectivity index (χ1) is 11.2. The Kier molecular flexibility index (Phi) is 4.40. The molecule has 0 saturated heterocycles. The minimum atomic E-state index is -0.0573. The van der Waals surface area contributed by atoms with Gasteiger partial charge in [-0.2, -0.15) is 0 Å². The SMILES string of the molecule is CCc1ccc(-n2c(-c3ccccc3)ccc(CN)c2=O)cc1. The highest BCUT2D eigenvalue weighted by Crippen LogP contribution is 2.22. The minimum absolute atomic E-state index is 0.0573. The number of nitrogens with two attached hydrogens (primary N) is 1. The lowest BCUT2D eigenvalue weighted by atomic mass is 10.1. The second kappa shape index (κ2) is 6.63. The quantitative estimate of drug-likeness (QED) is 0.801. The van der Waals surface area contributed by atoms with Crippen molar-refractivity contribution in [2.24, 2.45) is 5.73 Å². The van der Waals surface area contributed by atoms with Gasteiger partial charge in [-0.15, -0.1) is 0 Å². The summed E-state index contributed by atoms with van der Waals surface area (Å²) in [6, 6.07) is 21.8. The van der Waals surface area contributed by atoms with Crippen LogP contribution < -0.4 is 11.3 Å². The van der Waals surface area contributed by atoms with E-state index in [4.69, 9.17) is 5.73 Å². The van der Waals surface area contributed by atoms with E-state index in [9.17, 15) is 4.79 Å². The van der Waals surface area contributed by atoms with Crippen molar-refractivity contribution in [2.75, 3.05) is 0 Å². The Bertz CT molecular complexity index is 849. The van der Waals surface area contributed by atoms with Crippen molar-refractivity contribution < 1.29 is 0 Å². The van der Waals surface area contributed by atoms with E-state index >= 15 is 0 Å². The van der Waals surface area contributed by atoms with E-state index in [-0.39, 0.29) is 12.1 Å². The molecule has 1 aromatic heterocycles. The maximum atomic E-state index is 12.8. The standard InChI is InChI=1S/C20H20N2O/c1-2-15-8-11-18(12-9-15)22-19(16-6-4-3-5-7-16)13-10-17(14-21)20(22)23/h3-13H,2,14,21H2,1H3. The average Bonchev–Trinajstić information content (AvgIpc) is 2.62. The summed E-state index contributed by atoms with van der Waals surface area (Å²) in [5.41, 5.74) is 10.3. The van der Waals surface area contributed by atoms with Crippen molar-refractivity contribution in [3.8, 4) is 16.9 Å². The third kappa shape index (κ3) is 2.96. The molecule has 0 spiro atoms. The topological polar surface area (TPSA) is 48.0 Å². The van der Waals surface area contributed by atoms with E-state index in [0.717, 1.165) is 23.4 Å². The van der Waals surface area contributed by atoms with Gasteiger partial charge in [0.25, 0.3) is 5.56 Å². The third-order valence-electron chi connectivity index (χ3n) is 4.05.